The van der Waals surface area contributed by atoms with Crippen molar-refractivity contribution < 1.29 is 14.3 Å². The summed E-state index contributed by atoms with van der Waals surface area (Å²) < 4.78 is 5.30. The Morgan fingerprint density at radius 3 is 2.04 bits per heavy atom. The van der Waals surface area contributed by atoms with Crippen LogP contribution in [0.2, 0.25) is 0 Å². The quantitative estimate of drug-likeness (QED) is 0.836. The summed E-state index contributed by atoms with van der Waals surface area (Å²) in [4.78, 5) is 29.5. The van der Waals surface area contributed by atoms with E-state index in [0.717, 1.165) is 5.56 Å². The third-order valence-electron chi connectivity index (χ3n) is 5.22. The van der Waals surface area contributed by atoms with Gasteiger partial charge >= 0.3 is 0 Å². The van der Waals surface area contributed by atoms with Crippen LogP contribution in [0.3, 0.4) is 0 Å². The molecule has 0 spiro atoms. The molecule has 1 fully saturated rings. The highest BCUT2D eigenvalue weighted by Crippen LogP contribution is 2.26. The molecule has 2 amide bonds. The lowest BCUT2D eigenvalue weighted by molar-refractivity contribution is -0.137. The highest BCUT2D eigenvalue weighted by Gasteiger charge is 2.35. The average molecular weight is 366 g/mol. The summed E-state index contributed by atoms with van der Waals surface area (Å²) in [6, 6.07) is 17.1. The molecular formula is C22H26N2O3. The number of carbonyl (C=O) groups excluding carboxylic acids is 2. The Morgan fingerprint density at radius 1 is 0.852 bits per heavy atom. The number of benzene rings is 2. The summed E-state index contributed by atoms with van der Waals surface area (Å²) in [5, 5.41) is 0. The maximum atomic E-state index is 13.1. The van der Waals surface area contributed by atoms with Gasteiger partial charge in [-0.3, -0.25) is 9.59 Å². The van der Waals surface area contributed by atoms with E-state index in [1.165, 1.54) is 0 Å². The average Bonchev–Trinajstić information content (AvgIpc) is 2.73. The summed E-state index contributed by atoms with van der Waals surface area (Å²) in [5.41, 5.74) is 0.975. The number of hydrogen-bond acceptors (Lipinski definition) is 3. The van der Waals surface area contributed by atoms with Crippen LogP contribution in [0.5, 0.6) is 5.75 Å². The van der Waals surface area contributed by atoms with Gasteiger partial charge in [-0.2, -0.15) is 0 Å². The molecule has 0 unspecified atom stereocenters. The maximum absolute atomic E-state index is 13.1. The van der Waals surface area contributed by atoms with Crippen LogP contribution in [0.4, 0.5) is 0 Å². The molecule has 0 aromatic heterocycles. The molecule has 5 heteroatoms. The van der Waals surface area contributed by atoms with Crippen molar-refractivity contribution in [1.82, 2.24) is 9.80 Å². The van der Waals surface area contributed by atoms with Crippen LogP contribution in [-0.4, -0.2) is 54.9 Å². The molecule has 2 aromatic rings. The molecule has 0 aliphatic carbocycles. The molecule has 1 aliphatic heterocycles. The molecule has 5 nitrogen and oxygen atoms in total. The van der Waals surface area contributed by atoms with E-state index in [1.807, 2.05) is 61.2 Å². The number of nitrogens with zero attached hydrogens (tertiary/aromatic N) is 2. The van der Waals surface area contributed by atoms with Gasteiger partial charge in [-0.15, -0.1) is 0 Å². The number of amides is 2. The largest absolute Gasteiger partial charge is 0.496 e. The zero-order chi connectivity index (χ0) is 19.4. The molecule has 0 bridgehead atoms. The zero-order valence-electron chi connectivity index (χ0n) is 16.1. The second-order valence-electron chi connectivity index (χ2n) is 7.28. The molecule has 27 heavy (non-hydrogen) atoms. The number of methoxy groups -OCH3 is 1. The van der Waals surface area contributed by atoms with Crippen molar-refractivity contribution in [2.45, 2.75) is 19.3 Å². The Kier molecular flexibility index (Phi) is 5.49. The van der Waals surface area contributed by atoms with Crippen molar-refractivity contribution in [1.29, 1.82) is 0 Å². The van der Waals surface area contributed by atoms with E-state index in [0.29, 0.717) is 37.5 Å². The van der Waals surface area contributed by atoms with E-state index in [9.17, 15) is 9.59 Å². The van der Waals surface area contributed by atoms with Gasteiger partial charge in [0, 0.05) is 26.2 Å². The highest BCUT2D eigenvalue weighted by atomic mass is 16.5. The number of ether oxygens (including phenoxy) is 1. The van der Waals surface area contributed by atoms with Gasteiger partial charge in [-0.25, -0.2) is 0 Å². The lowest BCUT2D eigenvalue weighted by Gasteiger charge is -2.39. The fourth-order valence-corrected chi connectivity index (χ4v) is 3.48. The molecule has 142 valence electrons. The van der Waals surface area contributed by atoms with Crippen molar-refractivity contribution >= 4 is 11.8 Å². The van der Waals surface area contributed by atoms with Crippen LogP contribution in [0.15, 0.2) is 54.6 Å². The molecule has 1 saturated heterocycles. The fraction of sp³-hybridized carbons (Fsp3) is 0.364. The first kappa shape index (κ1) is 19.0. The van der Waals surface area contributed by atoms with Gasteiger partial charge in [0.2, 0.25) is 5.91 Å². The summed E-state index contributed by atoms with van der Waals surface area (Å²) in [5.74, 6) is 0.617. The molecule has 1 aliphatic rings. The van der Waals surface area contributed by atoms with Gasteiger partial charge < -0.3 is 14.5 Å². The van der Waals surface area contributed by atoms with Gasteiger partial charge in [-0.1, -0.05) is 42.5 Å². The van der Waals surface area contributed by atoms with Crippen LogP contribution in [0.25, 0.3) is 0 Å². The van der Waals surface area contributed by atoms with E-state index < -0.39 is 5.41 Å². The van der Waals surface area contributed by atoms with E-state index in [1.54, 1.807) is 24.1 Å². The van der Waals surface area contributed by atoms with Crippen LogP contribution in [-0.2, 0) is 10.2 Å². The molecular weight excluding hydrogens is 340 g/mol. The first-order valence-corrected chi connectivity index (χ1v) is 9.22. The summed E-state index contributed by atoms with van der Waals surface area (Å²) in [7, 11) is 1.56. The lowest BCUT2D eigenvalue weighted by atomic mass is 9.83. The Bertz CT molecular complexity index is 809. The smallest absolute Gasteiger partial charge is 0.257 e. The SMILES string of the molecule is COc1ccccc1C(=O)N1CCN(C(=O)C(C)(C)c2ccccc2)CC1. The second kappa shape index (κ2) is 7.82. The first-order valence-electron chi connectivity index (χ1n) is 9.22. The minimum absolute atomic E-state index is 0.0538. The highest BCUT2D eigenvalue weighted by molar-refractivity contribution is 5.97. The van der Waals surface area contributed by atoms with Gasteiger partial charge in [0.25, 0.3) is 5.91 Å². The van der Waals surface area contributed by atoms with Gasteiger partial charge in [-0.05, 0) is 31.5 Å². The first-order chi connectivity index (χ1) is 12.9. The molecule has 1 heterocycles. The van der Waals surface area contributed by atoms with Crippen molar-refractivity contribution in [3.63, 3.8) is 0 Å². The van der Waals surface area contributed by atoms with Crippen LogP contribution in [0.1, 0.15) is 29.8 Å². The van der Waals surface area contributed by atoms with Gasteiger partial charge in [0.1, 0.15) is 5.75 Å². The number of piperazine rings is 1. The van der Waals surface area contributed by atoms with Gasteiger partial charge in [0.15, 0.2) is 0 Å². The third-order valence-corrected chi connectivity index (χ3v) is 5.22. The van der Waals surface area contributed by atoms with Gasteiger partial charge in [0.05, 0.1) is 18.1 Å². The van der Waals surface area contributed by atoms with E-state index >= 15 is 0 Å². The topological polar surface area (TPSA) is 49.9 Å². The van der Waals surface area contributed by atoms with Crippen LogP contribution in [0, 0.1) is 0 Å². The predicted octanol–water partition coefficient (Wildman–Crippen LogP) is 2.96. The number of rotatable bonds is 4. The normalized spacial score (nSPS) is 14.8. The second-order valence-corrected chi connectivity index (χ2v) is 7.28. The Balaban J connectivity index is 1.66. The fourth-order valence-electron chi connectivity index (χ4n) is 3.48. The molecule has 0 N–H and O–H groups in total. The van der Waals surface area contributed by atoms with E-state index in [4.69, 9.17) is 4.74 Å². The standard InChI is InChI=1S/C22H26N2O3/c1-22(2,17-9-5-4-6-10-17)21(26)24-15-13-23(14-16-24)20(25)18-11-7-8-12-19(18)27-3/h4-12H,13-16H2,1-3H3. The predicted molar refractivity (Wildman–Crippen MR) is 105 cm³/mol. The van der Waals surface area contributed by atoms with Crippen molar-refractivity contribution in [3.05, 3.63) is 65.7 Å². The van der Waals surface area contributed by atoms with E-state index in [-0.39, 0.29) is 11.8 Å². The molecule has 3 rings (SSSR count). The number of hydrogen-bond donors (Lipinski definition) is 0. The monoisotopic (exact) mass is 366 g/mol. The molecule has 0 atom stereocenters. The molecule has 0 radical (unpaired) electrons. The molecule has 2 aromatic carbocycles. The van der Waals surface area contributed by atoms with Crippen LogP contribution < -0.4 is 4.74 Å². The summed E-state index contributed by atoms with van der Waals surface area (Å²) in [6.45, 7) is 6.03. The van der Waals surface area contributed by atoms with Crippen molar-refractivity contribution in [2.75, 3.05) is 33.3 Å². The maximum Gasteiger partial charge on any atom is 0.257 e. The van der Waals surface area contributed by atoms with Crippen molar-refractivity contribution in [2.24, 2.45) is 0 Å². The minimum Gasteiger partial charge on any atom is -0.496 e. The Morgan fingerprint density at radius 2 is 1.41 bits per heavy atom. The number of carbonyl (C=O) groups is 2. The minimum atomic E-state index is -0.587. The summed E-state index contributed by atoms with van der Waals surface area (Å²) >= 11 is 0. The number of para-hydroxylation sites is 1. The third kappa shape index (κ3) is 3.82. The van der Waals surface area contributed by atoms with Crippen LogP contribution >= 0.6 is 0 Å². The molecule has 0 saturated carbocycles. The summed E-state index contributed by atoms with van der Waals surface area (Å²) in [6.07, 6.45) is 0. The Hall–Kier alpha value is -2.82. The lowest BCUT2D eigenvalue weighted by Crippen LogP contribution is -2.54. The van der Waals surface area contributed by atoms with Crippen molar-refractivity contribution in [3.8, 4) is 5.75 Å². The zero-order valence-corrected chi connectivity index (χ0v) is 16.1. The Labute approximate surface area is 160 Å². The van der Waals surface area contributed by atoms with E-state index in [2.05, 4.69) is 0 Å².